The first kappa shape index (κ1) is 35.0. The van der Waals surface area contributed by atoms with E-state index in [2.05, 4.69) is 109 Å². The molecule has 0 aliphatic carbocycles. The van der Waals surface area contributed by atoms with Gasteiger partial charge in [-0.3, -0.25) is 0 Å². The standard InChI is InChI=1S/C34H64N4O2/c1-27(40-30-24-28(12-18-35-30)25-31(2,3)4)26-37-34(10,11)16-15-33(8,9)17-22-38-20-13-29(14-21-38)39-23-19-36-32(5,6)7/h12,18,24,27,29,36-37H,13-17,19-23,25-26H2,1-11H3/t27-/m0/s1. The zero-order chi connectivity index (χ0) is 30.0. The molecule has 1 aliphatic rings. The molecule has 6 nitrogen and oxygen atoms in total. The first-order chi connectivity index (χ1) is 18.4. The number of pyridine rings is 1. The van der Waals surface area contributed by atoms with Crippen LogP contribution in [0.1, 0.15) is 114 Å². The molecule has 0 saturated carbocycles. The summed E-state index contributed by atoms with van der Waals surface area (Å²) in [5.41, 5.74) is 2.08. The Bertz CT molecular complexity index is 848. The Balaban J connectivity index is 1.65. The summed E-state index contributed by atoms with van der Waals surface area (Å²) >= 11 is 0. The van der Waals surface area contributed by atoms with Gasteiger partial charge in [-0.25, -0.2) is 4.98 Å². The highest BCUT2D eigenvalue weighted by molar-refractivity contribution is 5.21. The van der Waals surface area contributed by atoms with Crippen LogP contribution in [-0.2, 0) is 11.2 Å². The van der Waals surface area contributed by atoms with Crippen molar-refractivity contribution in [3.63, 3.8) is 0 Å². The molecule has 0 bridgehead atoms. The second kappa shape index (κ2) is 15.3. The molecule has 0 unspecified atom stereocenters. The number of hydrogen-bond donors (Lipinski definition) is 2. The fourth-order valence-corrected chi connectivity index (χ4v) is 5.18. The summed E-state index contributed by atoms with van der Waals surface area (Å²) in [6, 6.07) is 4.19. The highest BCUT2D eigenvalue weighted by atomic mass is 16.5. The molecule has 6 heteroatoms. The molecule has 1 saturated heterocycles. The van der Waals surface area contributed by atoms with E-state index in [0.717, 1.165) is 64.3 Å². The smallest absolute Gasteiger partial charge is 0.213 e. The second-order valence-electron chi connectivity index (χ2n) is 15.9. The van der Waals surface area contributed by atoms with Gasteiger partial charge >= 0.3 is 0 Å². The Morgan fingerprint density at radius 1 is 0.950 bits per heavy atom. The van der Waals surface area contributed by atoms with Crippen LogP contribution in [0, 0.1) is 10.8 Å². The van der Waals surface area contributed by atoms with Crippen LogP contribution >= 0.6 is 0 Å². The molecule has 1 aromatic rings. The maximum atomic E-state index is 6.17. The van der Waals surface area contributed by atoms with Crippen molar-refractivity contribution >= 4 is 0 Å². The van der Waals surface area contributed by atoms with Crippen LogP contribution in [0.2, 0.25) is 0 Å². The Kier molecular flexibility index (Phi) is 13.4. The highest BCUT2D eigenvalue weighted by Gasteiger charge is 2.27. The van der Waals surface area contributed by atoms with Gasteiger partial charge in [0, 0.05) is 49.5 Å². The predicted octanol–water partition coefficient (Wildman–Crippen LogP) is 6.87. The van der Waals surface area contributed by atoms with E-state index in [-0.39, 0.29) is 22.6 Å². The van der Waals surface area contributed by atoms with Gasteiger partial charge in [-0.15, -0.1) is 0 Å². The third-order valence-corrected chi connectivity index (χ3v) is 7.90. The summed E-state index contributed by atoms with van der Waals surface area (Å²) in [5.74, 6) is 0.725. The SMILES string of the molecule is C[C@@H](CNC(C)(C)CCC(C)(C)CCN1CCC(OCCNC(C)(C)C)CC1)Oc1cc(CC(C)(C)C)ccn1. The van der Waals surface area contributed by atoms with Crippen LogP contribution in [0.3, 0.4) is 0 Å². The number of nitrogens with zero attached hydrogens (tertiary/aromatic N) is 2. The van der Waals surface area contributed by atoms with Crippen molar-refractivity contribution in [2.75, 3.05) is 39.3 Å². The minimum Gasteiger partial charge on any atom is -0.473 e. The van der Waals surface area contributed by atoms with Crippen LogP contribution in [0.5, 0.6) is 5.88 Å². The molecule has 2 N–H and O–H groups in total. The van der Waals surface area contributed by atoms with E-state index >= 15 is 0 Å². The average Bonchev–Trinajstić information content (AvgIpc) is 2.83. The Labute approximate surface area is 247 Å². The van der Waals surface area contributed by atoms with Gasteiger partial charge < -0.3 is 25.0 Å². The van der Waals surface area contributed by atoms with Crippen molar-refractivity contribution in [2.24, 2.45) is 10.8 Å². The van der Waals surface area contributed by atoms with E-state index in [0.29, 0.717) is 11.5 Å². The number of ether oxygens (including phenoxy) is 2. The molecule has 1 aromatic heterocycles. The molecular formula is C34H64N4O2. The van der Waals surface area contributed by atoms with Crippen LogP contribution < -0.4 is 15.4 Å². The second-order valence-corrected chi connectivity index (χ2v) is 15.9. The summed E-state index contributed by atoms with van der Waals surface area (Å²) < 4.78 is 12.3. The van der Waals surface area contributed by atoms with Crippen molar-refractivity contribution < 1.29 is 9.47 Å². The van der Waals surface area contributed by atoms with Crippen LogP contribution in [-0.4, -0.2) is 72.5 Å². The van der Waals surface area contributed by atoms with Gasteiger partial charge in [0.05, 0.1) is 12.7 Å². The molecule has 2 rings (SSSR count). The van der Waals surface area contributed by atoms with Crippen molar-refractivity contribution in [2.45, 2.75) is 138 Å². The molecule has 0 amide bonds. The zero-order valence-electron chi connectivity index (χ0n) is 28.1. The first-order valence-electron chi connectivity index (χ1n) is 15.9. The largest absolute Gasteiger partial charge is 0.473 e. The molecule has 2 heterocycles. The number of likely N-dealkylation sites (tertiary alicyclic amines) is 1. The normalized spacial score (nSPS) is 17.3. The van der Waals surface area contributed by atoms with Crippen molar-refractivity contribution in [1.82, 2.24) is 20.5 Å². The molecule has 0 radical (unpaired) electrons. The van der Waals surface area contributed by atoms with Gasteiger partial charge in [0.2, 0.25) is 5.88 Å². The maximum absolute atomic E-state index is 6.17. The predicted molar refractivity (Wildman–Crippen MR) is 170 cm³/mol. The Morgan fingerprint density at radius 2 is 1.62 bits per heavy atom. The third-order valence-electron chi connectivity index (χ3n) is 7.90. The third kappa shape index (κ3) is 15.7. The topological polar surface area (TPSA) is 58.7 Å². The van der Waals surface area contributed by atoms with Crippen molar-refractivity contribution in [3.8, 4) is 5.88 Å². The van der Waals surface area contributed by atoms with E-state index in [1.807, 2.05) is 6.20 Å². The summed E-state index contributed by atoms with van der Waals surface area (Å²) in [7, 11) is 0. The van der Waals surface area contributed by atoms with Crippen molar-refractivity contribution in [1.29, 1.82) is 0 Å². The molecule has 1 aliphatic heterocycles. The van der Waals surface area contributed by atoms with Crippen LogP contribution in [0.15, 0.2) is 18.3 Å². The van der Waals surface area contributed by atoms with Gasteiger partial charge in [0.25, 0.3) is 0 Å². The molecule has 0 spiro atoms. The van der Waals surface area contributed by atoms with Crippen LogP contribution in [0.25, 0.3) is 0 Å². The van der Waals surface area contributed by atoms with E-state index < -0.39 is 0 Å². The summed E-state index contributed by atoms with van der Waals surface area (Å²) in [6.07, 6.45) is 9.27. The molecular weight excluding hydrogens is 496 g/mol. The number of hydrogen-bond acceptors (Lipinski definition) is 6. The average molecular weight is 561 g/mol. The van der Waals surface area contributed by atoms with Crippen LogP contribution in [0.4, 0.5) is 0 Å². The number of nitrogens with one attached hydrogen (secondary N) is 2. The lowest BCUT2D eigenvalue weighted by Gasteiger charge is -2.36. The van der Waals surface area contributed by atoms with Gasteiger partial charge in [0.15, 0.2) is 0 Å². The summed E-state index contributed by atoms with van der Waals surface area (Å²) in [6.45, 7) is 31.1. The maximum Gasteiger partial charge on any atom is 0.213 e. The minimum absolute atomic E-state index is 0.0614. The minimum atomic E-state index is 0.0614. The van der Waals surface area contributed by atoms with E-state index in [4.69, 9.17) is 9.47 Å². The molecule has 0 aromatic carbocycles. The highest BCUT2D eigenvalue weighted by Crippen LogP contribution is 2.31. The van der Waals surface area contributed by atoms with Gasteiger partial charge in [-0.1, -0.05) is 34.6 Å². The van der Waals surface area contributed by atoms with Crippen molar-refractivity contribution in [3.05, 3.63) is 23.9 Å². The monoisotopic (exact) mass is 561 g/mol. The van der Waals surface area contributed by atoms with E-state index in [1.165, 1.54) is 24.9 Å². The zero-order valence-corrected chi connectivity index (χ0v) is 28.1. The molecule has 232 valence electrons. The quantitative estimate of drug-likeness (QED) is 0.215. The van der Waals surface area contributed by atoms with E-state index in [9.17, 15) is 0 Å². The Hall–Kier alpha value is -1.21. The molecule has 40 heavy (non-hydrogen) atoms. The van der Waals surface area contributed by atoms with Gasteiger partial charge in [0.1, 0.15) is 6.10 Å². The van der Waals surface area contributed by atoms with E-state index in [1.54, 1.807) is 0 Å². The summed E-state index contributed by atoms with van der Waals surface area (Å²) in [4.78, 5) is 7.09. The Morgan fingerprint density at radius 3 is 2.25 bits per heavy atom. The fourth-order valence-electron chi connectivity index (χ4n) is 5.18. The lowest BCUT2D eigenvalue weighted by atomic mass is 9.80. The molecule has 1 fully saturated rings. The summed E-state index contributed by atoms with van der Waals surface area (Å²) in [5, 5.41) is 7.27. The van der Waals surface area contributed by atoms with Gasteiger partial charge in [-0.2, -0.15) is 0 Å². The molecule has 1 atom stereocenters. The lowest BCUT2D eigenvalue weighted by Crippen LogP contribution is -2.45. The van der Waals surface area contributed by atoms with Gasteiger partial charge in [-0.05, 0) is 109 Å². The first-order valence-corrected chi connectivity index (χ1v) is 15.9. The number of aromatic nitrogens is 1. The fraction of sp³-hybridized carbons (Fsp3) is 0.853. The number of piperidine rings is 1. The lowest BCUT2D eigenvalue weighted by molar-refractivity contribution is 0.00547. The number of rotatable bonds is 16.